The van der Waals surface area contributed by atoms with E-state index in [0.717, 1.165) is 64.2 Å². The SMILES string of the molecule is CCCCC(CC)CC(C)(CC(CC)CCCC)C(CCCCCCCCCCCC(=O)O)C(=O)O. The third-order valence-electron chi connectivity index (χ3n) is 8.62. The van der Waals surface area contributed by atoms with Gasteiger partial charge in [0.05, 0.1) is 5.92 Å². The quantitative estimate of drug-likeness (QED) is 0.113. The number of carbonyl (C=O) groups is 2. The van der Waals surface area contributed by atoms with Crippen LogP contribution in [0.3, 0.4) is 0 Å². The molecule has 0 bridgehead atoms. The highest BCUT2D eigenvalue weighted by molar-refractivity contribution is 5.71. The van der Waals surface area contributed by atoms with Gasteiger partial charge in [0.25, 0.3) is 0 Å². The minimum absolute atomic E-state index is 0.120. The van der Waals surface area contributed by atoms with Gasteiger partial charge in [-0.2, -0.15) is 0 Å². The summed E-state index contributed by atoms with van der Waals surface area (Å²) >= 11 is 0. The van der Waals surface area contributed by atoms with E-state index < -0.39 is 11.9 Å². The lowest BCUT2D eigenvalue weighted by Crippen LogP contribution is -2.37. The Morgan fingerprint density at radius 1 is 0.611 bits per heavy atom. The van der Waals surface area contributed by atoms with Gasteiger partial charge in [0.15, 0.2) is 0 Å². The topological polar surface area (TPSA) is 74.6 Å². The molecule has 214 valence electrons. The van der Waals surface area contributed by atoms with Crippen molar-refractivity contribution in [1.29, 1.82) is 0 Å². The fraction of sp³-hybridized carbons (Fsp3) is 0.938. The molecule has 0 aromatic rings. The lowest BCUT2D eigenvalue weighted by atomic mass is 9.63. The first-order valence-corrected chi connectivity index (χ1v) is 15.7. The number of rotatable bonds is 26. The van der Waals surface area contributed by atoms with Gasteiger partial charge in [-0.1, -0.05) is 137 Å². The molecular weight excluding hydrogens is 448 g/mol. The van der Waals surface area contributed by atoms with E-state index in [1.54, 1.807) is 0 Å². The second-order valence-corrected chi connectivity index (χ2v) is 11.9. The molecule has 0 aliphatic carbocycles. The highest BCUT2D eigenvalue weighted by Gasteiger charge is 2.41. The number of carboxylic acids is 2. The van der Waals surface area contributed by atoms with E-state index in [4.69, 9.17) is 5.11 Å². The first kappa shape index (κ1) is 34.9. The summed E-state index contributed by atoms with van der Waals surface area (Å²) in [6.07, 6.45) is 22.8. The van der Waals surface area contributed by atoms with Crippen LogP contribution in [-0.4, -0.2) is 22.2 Å². The molecule has 0 aromatic carbocycles. The number of unbranched alkanes of at least 4 members (excludes halogenated alkanes) is 10. The van der Waals surface area contributed by atoms with Crippen molar-refractivity contribution in [3.05, 3.63) is 0 Å². The monoisotopic (exact) mass is 510 g/mol. The Kier molecular flexibility index (Phi) is 21.3. The highest BCUT2D eigenvalue weighted by Crippen LogP contribution is 2.46. The minimum Gasteiger partial charge on any atom is -0.481 e. The van der Waals surface area contributed by atoms with Gasteiger partial charge in [0, 0.05) is 6.42 Å². The van der Waals surface area contributed by atoms with Gasteiger partial charge in [-0.15, -0.1) is 0 Å². The zero-order valence-electron chi connectivity index (χ0n) is 24.8. The molecule has 0 spiro atoms. The molecule has 3 atom stereocenters. The zero-order valence-corrected chi connectivity index (χ0v) is 24.8. The fourth-order valence-corrected chi connectivity index (χ4v) is 6.21. The van der Waals surface area contributed by atoms with Crippen LogP contribution in [0.5, 0.6) is 0 Å². The Labute approximate surface area is 224 Å². The van der Waals surface area contributed by atoms with Crippen LogP contribution in [0.4, 0.5) is 0 Å². The van der Waals surface area contributed by atoms with Crippen LogP contribution >= 0.6 is 0 Å². The lowest BCUT2D eigenvalue weighted by molar-refractivity contribution is -0.148. The number of aliphatic carboxylic acids is 2. The summed E-state index contributed by atoms with van der Waals surface area (Å²) < 4.78 is 0. The summed E-state index contributed by atoms with van der Waals surface area (Å²) in [4.78, 5) is 23.2. The Morgan fingerprint density at radius 2 is 1.03 bits per heavy atom. The summed E-state index contributed by atoms with van der Waals surface area (Å²) in [5.74, 6) is -0.234. The number of hydrogen-bond acceptors (Lipinski definition) is 2. The van der Waals surface area contributed by atoms with Crippen LogP contribution in [0, 0.1) is 23.2 Å². The molecule has 2 N–H and O–H groups in total. The average Bonchev–Trinajstić information content (AvgIpc) is 2.84. The van der Waals surface area contributed by atoms with Crippen molar-refractivity contribution < 1.29 is 19.8 Å². The van der Waals surface area contributed by atoms with Gasteiger partial charge >= 0.3 is 11.9 Å². The van der Waals surface area contributed by atoms with Crippen LogP contribution in [0.15, 0.2) is 0 Å². The molecule has 4 heteroatoms. The number of carboxylic acid groups (broad SMARTS) is 2. The van der Waals surface area contributed by atoms with E-state index in [9.17, 15) is 14.7 Å². The second kappa shape index (κ2) is 22.0. The standard InChI is InChI=1S/C32H62O4/c1-6-10-21-27(8-3)25-32(5,26-28(9-4)22-11-7-2)29(31(35)36)23-19-17-15-13-12-14-16-18-20-24-30(33)34/h27-29H,6-26H2,1-5H3,(H,33,34)(H,35,36). The molecular formula is C32H62O4. The van der Waals surface area contributed by atoms with E-state index in [1.165, 1.54) is 64.2 Å². The lowest BCUT2D eigenvalue weighted by Gasteiger charge is -2.41. The van der Waals surface area contributed by atoms with Crippen LogP contribution in [-0.2, 0) is 9.59 Å². The van der Waals surface area contributed by atoms with Crippen LogP contribution in [0.25, 0.3) is 0 Å². The molecule has 0 aromatic heterocycles. The predicted octanol–water partition coefficient (Wildman–Crippen LogP) is 10.3. The van der Waals surface area contributed by atoms with E-state index in [-0.39, 0.29) is 11.3 Å². The maximum absolute atomic E-state index is 12.6. The van der Waals surface area contributed by atoms with E-state index in [0.29, 0.717) is 18.3 Å². The summed E-state index contributed by atoms with van der Waals surface area (Å²) in [6, 6.07) is 0. The Morgan fingerprint density at radius 3 is 1.39 bits per heavy atom. The average molecular weight is 511 g/mol. The maximum Gasteiger partial charge on any atom is 0.307 e. The highest BCUT2D eigenvalue weighted by atomic mass is 16.4. The largest absolute Gasteiger partial charge is 0.481 e. The summed E-state index contributed by atoms with van der Waals surface area (Å²) in [5.41, 5.74) is -0.120. The minimum atomic E-state index is -0.692. The van der Waals surface area contributed by atoms with E-state index in [1.807, 2.05) is 0 Å². The summed E-state index contributed by atoms with van der Waals surface area (Å²) in [6.45, 7) is 11.4. The van der Waals surface area contributed by atoms with Gasteiger partial charge in [-0.25, -0.2) is 0 Å². The molecule has 0 fully saturated rings. The molecule has 0 aliphatic heterocycles. The van der Waals surface area contributed by atoms with E-state index in [2.05, 4.69) is 34.6 Å². The Hall–Kier alpha value is -1.06. The van der Waals surface area contributed by atoms with Crippen molar-refractivity contribution >= 4 is 11.9 Å². The second-order valence-electron chi connectivity index (χ2n) is 11.9. The molecule has 0 aliphatic rings. The van der Waals surface area contributed by atoms with Crippen molar-refractivity contribution in [2.75, 3.05) is 0 Å². The van der Waals surface area contributed by atoms with Gasteiger partial charge in [0.1, 0.15) is 0 Å². The normalized spacial score (nSPS) is 15.8. The summed E-state index contributed by atoms with van der Waals surface area (Å²) in [7, 11) is 0. The molecule has 0 saturated carbocycles. The zero-order chi connectivity index (χ0) is 27.2. The third kappa shape index (κ3) is 16.6. The number of hydrogen-bond donors (Lipinski definition) is 2. The predicted molar refractivity (Wildman–Crippen MR) is 154 cm³/mol. The molecule has 4 nitrogen and oxygen atoms in total. The third-order valence-corrected chi connectivity index (χ3v) is 8.62. The smallest absolute Gasteiger partial charge is 0.307 e. The van der Waals surface area contributed by atoms with Gasteiger partial charge in [0.2, 0.25) is 0 Å². The van der Waals surface area contributed by atoms with Crippen molar-refractivity contribution in [1.82, 2.24) is 0 Å². The molecule has 0 amide bonds. The Bertz CT molecular complexity index is 526. The molecule has 3 unspecified atom stereocenters. The van der Waals surface area contributed by atoms with Gasteiger partial charge in [-0.05, 0) is 42.9 Å². The maximum atomic E-state index is 12.6. The van der Waals surface area contributed by atoms with Crippen molar-refractivity contribution in [3.63, 3.8) is 0 Å². The van der Waals surface area contributed by atoms with Crippen molar-refractivity contribution in [3.8, 4) is 0 Å². The van der Waals surface area contributed by atoms with Crippen molar-refractivity contribution in [2.24, 2.45) is 23.2 Å². The first-order valence-electron chi connectivity index (χ1n) is 15.7. The van der Waals surface area contributed by atoms with Crippen LogP contribution in [0.2, 0.25) is 0 Å². The molecule has 0 rings (SSSR count). The first-order chi connectivity index (χ1) is 17.2. The van der Waals surface area contributed by atoms with E-state index >= 15 is 0 Å². The van der Waals surface area contributed by atoms with Crippen LogP contribution in [0.1, 0.15) is 169 Å². The van der Waals surface area contributed by atoms with Crippen molar-refractivity contribution in [2.45, 2.75) is 169 Å². The van der Waals surface area contributed by atoms with Crippen LogP contribution < -0.4 is 0 Å². The molecule has 0 saturated heterocycles. The molecule has 36 heavy (non-hydrogen) atoms. The molecule has 0 radical (unpaired) electrons. The fourth-order valence-electron chi connectivity index (χ4n) is 6.21. The van der Waals surface area contributed by atoms with Gasteiger partial charge < -0.3 is 10.2 Å². The molecule has 0 heterocycles. The summed E-state index contributed by atoms with van der Waals surface area (Å²) in [5, 5.41) is 19.1. The van der Waals surface area contributed by atoms with Gasteiger partial charge in [-0.3, -0.25) is 9.59 Å². The Balaban J connectivity index is 4.89.